The maximum Gasteiger partial charge on any atom is 0.0553 e. The molecule has 1 atom stereocenters. The van der Waals surface area contributed by atoms with E-state index in [1.54, 1.807) is 6.92 Å². The highest BCUT2D eigenvalue weighted by molar-refractivity contribution is 9.11. The number of hydrogen-bond donors (Lipinski definition) is 2. The summed E-state index contributed by atoms with van der Waals surface area (Å²) in [5, 5.41) is 10.5. The van der Waals surface area contributed by atoms with Crippen LogP contribution in [-0.2, 0) is 6.42 Å². The summed E-state index contributed by atoms with van der Waals surface area (Å²) < 4.78 is 2.08. The van der Waals surface area contributed by atoms with Crippen LogP contribution < -0.4 is 0 Å². The molecule has 0 aliphatic carbocycles. The van der Waals surface area contributed by atoms with E-state index in [1.807, 2.05) is 18.3 Å². The monoisotopic (exact) mass is 331 g/mol. The van der Waals surface area contributed by atoms with Crippen LogP contribution in [0.25, 0.3) is 10.9 Å². The maximum atomic E-state index is 9.39. The van der Waals surface area contributed by atoms with Gasteiger partial charge in [0.25, 0.3) is 0 Å². The Morgan fingerprint density at radius 1 is 1.40 bits per heavy atom. The first kappa shape index (κ1) is 11.2. The van der Waals surface area contributed by atoms with Crippen LogP contribution in [-0.4, -0.2) is 16.2 Å². The van der Waals surface area contributed by atoms with Crippen molar-refractivity contribution in [3.8, 4) is 0 Å². The van der Waals surface area contributed by atoms with Gasteiger partial charge >= 0.3 is 0 Å². The Kier molecular flexibility index (Phi) is 3.19. The van der Waals surface area contributed by atoms with Crippen LogP contribution >= 0.6 is 31.9 Å². The predicted octanol–water partition coefficient (Wildman–Crippen LogP) is 3.62. The fraction of sp³-hybridized carbons (Fsp3) is 0.273. The smallest absolute Gasteiger partial charge is 0.0553 e. The molecule has 0 aliphatic heterocycles. The summed E-state index contributed by atoms with van der Waals surface area (Å²) in [7, 11) is 0. The van der Waals surface area contributed by atoms with Crippen molar-refractivity contribution >= 4 is 42.8 Å². The Bertz CT molecular complexity index is 491. The number of aliphatic hydroxyl groups excluding tert-OH is 1. The third-order valence-corrected chi connectivity index (χ3v) is 3.38. The van der Waals surface area contributed by atoms with Crippen LogP contribution in [0, 0.1) is 0 Å². The molecule has 2 rings (SSSR count). The van der Waals surface area contributed by atoms with Crippen LogP contribution in [0.3, 0.4) is 0 Å². The van der Waals surface area contributed by atoms with Crippen molar-refractivity contribution in [2.24, 2.45) is 0 Å². The number of rotatable bonds is 2. The number of nitrogens with one attached hydrogen (secondary N) is 1. The number of aliphatic hydroxyl groups is 1. The summed E-state index contributed by atoms with van der Waals surface area (Å²) in [4.78, 5) is 3.20. The van der Waals surface area contributed by atoms with Crippen LogP contribution in [0.5, 0.6) is 0 Å². The third-order valence-electron chi connectivity index (χ3n) is 2.29. The molecule has 2 nitrogen and oxygen atoms in total. The molecular weight excluding hydrogens is 322 g/mol. The van der Waals surface area contributed by atoms with Gasteiger partial charge in [0.05, 0.1) is 6.10 Å². The zero-order chi connectivity index (χ0) is 11.0. The maximum absolute atomic E-state index is 9.39. The Morgan fingerprint density at radius 3 is 2.80 bits per heavy atom. The largest absolute Gasteiger partial charge is 0.393 e. The van der Waals surface area contributed by atoms with E-state index in [9.17, 15) is 5.11 Å². The van der Waals surface area contributed by atoms with Crippen molar-refractivity contribution in [3.05, 3.63) is 32.8 Å². The Balaban J connectivity index is 2.58. The minimum absolute atomic E-state index is 0.320. The lowest BCUT2D eigenvalue weighted by Crippen LogP contribution is -2.03. The van der Waals surface area contributed by atoms with Gasteiger partial charge in [-0.3, -0.25) is 0 Å². The first-order valence-electron chi connectivity index (χ1n) is 4.71. The number of fused-ring (bicyclic) bond motifs is 1. The standard InChI is InChI=1S/C11H11Br2NO/c1-6(15)2-7-5-14-10-4-8(12)3-9(13)11(7)10/h3-6,14-15H,2H2,1H3. The molecule has 1 aromatic heterocycles. The van der Waals surface area contributed by atoms with Crippen LogP contribution in [0.4, 0.5) is 0 Å². The van der Waals surface area contributed by atoms with Gasteiger partial charge in [0.1, 0.15) is 0 Å². The summed E-state index contributed by atoms with van der Waals surface area (Å²) in [5.74, 6) is 0. The zero-order valence-electron chi connectivity index (χ0n) is 8.22. The number of H-pyrrole nitrogens is 1. The molecule has 0 saturated carbocycles. The highest BCUT2D eigenvalue weighted by atomic mass is 79.9. The van der Waals surface area contributed by atoms with Gasteiger partial charge < -0.3 is 10.1 Å². The predicted molar refractivity (Wildman–Crippen MR) is 69.1 cm³/mol. The van der Waals surface area contributed by atoms with E-state index in [1.165, 1.54) is 0 Å². The first-order valence-corrected chi connectivity index (χ1v) is 6.29. The molecule has 0 bridgehead atoms. The number of hydrogen-bond acceptors (Lipinski definition) is 1. The summed E-state index contributed by atoms with van der Waals surface area (Å²) in [6, 6.07) is 4.05. The molecule has 0 aliphatic rings. The molecular formula is C11H11Br2NO. The molecule has 80 valence electrons. The minimum atomic E-state index is -0.320. The molecule has 4 heteroatoms. The van der Waals surface area contributed by atoms with Gasteiger partial charge in [-0.2, -0.15) is 0 Å². The second-order valence-electron chi connectivity index (χ2n) is 3.68. The van der Waals surface area contributed by atoms with E-state index < -0.39 is 0 Å². The molecule has 2 N–H and O–H groups in total. The second kappa shape index (κ2) is 4.28. The van der Waals surface area contributed by atoms with Gasteiger partial charge in [-0.15, -0.1) is 0 Å². The zero-order valence-corrected chi connectivity index (χ0v) is 11.4. The average molecular weight is 333 g/mol. The second-order valence-corrected chi connectivity index (χ2v) is 5.45. The normalized spacial score (nSPS) is 13.3. The molecule has 1 unspecified atom stereocenters. The van der Waals surface area contributed by atoms with E-state index in [2.05, 4.69) is 36.8 Å². The van der Waals surface area contributed by atoms with E-state index in [0.29, 0.717) is 6.42 Å². The highest BCUT2D eigenvalue weighted by Gasteiger charge is 2.10. The van der Waals surface area contributed by atoms with E-state index in [4.69, 9.17) is 0 Å². The Hall–Kier alpha value is -0.320. The van der Waals surface area contributed by atoms with Crippen molar-refractivity contribution in [1.82, 2.24) is 4.98 Å². The summed E-state index contributed by atoms with van der Waals surface area (Å²) in [6.45, 7) is 1.80. The lowest BCUT2D eigenvalue weighted by molar-refractivity contribution is 0.196. The molecule has 15 heavy (non-hydrogen) atoms. The lowest BCUT2D eigenvalue weighted by atomic mass is 10.1. The lowest BCUT2D eigenvalue weighted by Gasteiger charge is -2.04. The van der Waals surface area contributed by atoms with Gasteiger partial charge in [-0.25, -0.2) is 0 Å². The molecule has 0 radical (unpaired) electrons. The van der Waals surface area contributed by atoms with Gasteiger partial charge in [-0.1, -0.05) is 31.9 Å². The molecule has 0 saturated heterocycles. The summed E-state index contributed by atoms with van der Waals surface area (Å²) >= 11 is 6.98. The van der Waals surface area contributed by atoms with Gasteiger partial charge in [0.15, 0.2) is 0 Å². The Labute approximate surface area is 105 Å². The Morgan fingerprint density at radius 2 is 2.13 bits per heavy atom. The molecule has 1 aromatic carbocycles. The topological polar surface area (TPSA) is 36.0 Å². The van der Waals surface area contributed by atoms with Crippen molar-refractivity contribution in [2.75, 3.05) is 0 Å². The minimum Gasteiger partial charge on any atom is -0.393 e. The number of aromatic nitrogens is 1. The third kappa shape index (κ3) is 2.27. The molecule has 0 amide bonds. The van der Waals surface area contributed by atoms with Crippen LogP contribution in [0.15, 0.2) is 27.3 Å². The van der Waals surface area contributed by atoms with Gasteiger partial charge in [0.2, 0.25) is 0 Å². The van der Waals surface area contributed by atoms with Crippen molar-refractivity contribution in [3.63, 3.8) is 0 Å². The number of aromatic amines is 1. The highest BCUT2D eigenvalue weighted by Crippen LogP contribution is 2.31. The fourth-order valence-corrected chi connectivity index (χ4v) is 3.21. The number of halogens is 2. The van der Waals surface area contributed by atoms with Crippen LogP contribution in [0.1, 0.15) is 12.5 Å². The van der Waals surface area contributed by atoms with Gasteiger partial charge in [-0.05, 0) is 24.6 Å². The SMILES string of the molecule is CC(O)Cc1c[nH]c2cc(Br)cc(Br)c12. The van der Waals surface area contributed by atoms with Gasteiger partial charge in [0, 0.05) is 32.5 Å². The van der Waals surface area contributed by atoms with E-state index in [0.717, 1.165) is 25.4 Å². The van der Waals surface area contributed by atoms with E-state index in [-0.39, 0.29) is 6.10 Å². The number of benzene rings is 1. The average Bonchev–Trinajstić information content (AvgIpc) is 2.46. The quantitative estimate of drug-likeness (QED) is 0.865. The van der Waals surface area contributed by atoms with Crippen molar-refractivity contribution in [1.29, 1.82) is 0 Å². The fourth-order valence-electron chi connectivity index (χ4n) is 1.73. The molecule has 2 aromatic rings. The summed E-state index contributed by atoms with van der Waals surface area (Å²) in [5.41, 5.74) is 2.21. The van der Waals surface area contributed by atoms with Crippen molar-refractivity contribution < 1.29 is 5.11 Å². The van der Waals surface area contributed by atoms with Crippen molar-refractivity contribution in [2.45, 2.75) is 19.4 Å². The van der Waals surface area contributed by atoms with E-state index >= 15 is 0 Å². The first-order chi connectivity index (χ1) is 7.08. The molecule has 0 fully saturated rings. The molecule has 1 heterocycles. The molecule has 0 spiro atoms. The van der Waals surface area contributed by atoms with Crippen LogP contribution in [0.2, 0.25) is 0 Å². The summed E-state index contributed by atoms with van der Waals surface area (Å²) in [6.07, 6.45) is 2.30.